The number of nitrogens with zero attached hydrogens (tertiary/aromatic N) is 1. The van der Waals surface area contributed by atoms with E-state index >= 15 is 0 Å². The molecule has 0 saturated heterocycles. The number of nitrogens with one attached hydrogen (secondary N) is 1. The summed E-state index contributed by atoms with van der Waals surface area (Å²) in [6.45, 7) is 0.663. The maximum atomic E-state index is 15.0. The summed E-state index contributed by atoms with van der Waals surface area (Å²) in [4.78, 5) is 26.4. The minimum atomic E-state index is -0.469. The molecule has 0 atom stereocenters. The number of halogens is 2. The third-order valence-corrected chi connectivity index (χ3v) is 7.87. The number of amides is 2. The largest absolute Gasteiger partial charge is 0.469 e. The molecule has 1 aliphatic heterocycles. The number of methoxy groups -OCH3 is 1. The fourth-order valence-electron chi connectivity index (χ4n) is 5.79. The summed E-state index contributed by atoms with van der Waals surface area (Å²) in [7, 11) is 1.44. The Morgan fingerprint density at radius 3 is 2.28 bits per heavy atom. The van der Waals surface area contributed by atoms with Crippen LogP contribution in [0.2, 0.25) is 0 Å². The quantitative estimate of drug-likeness (QED) is 0.661. The Balaban J connectivity index is 1.28. The summed E-state index contributed by atoms with van der Waals surface area (Å²) >= 11 is 0. The first-order valence-corrected chi connectivity index (χ1v) is 11.1. The Morgan fingerprint density at radius 1 is 0.938 bits per heavy atom. The van der Waals surface area contributed by atoms with Crippen molar-refractivity contribution < 1.29 is 23.1 Å². The number of benzene rings is 2. The number of rotatable bonds is 3. The second-order valence-corrected chi connectivity index (χ2v) is 9.45. The molecule has 7 heteroatoms. The molecule has 3 fully saturated rings. The van der Waals surface area contributed by atoms with Crippen LogP contribution in [0, 0.1) is 17.0 Å². The SMILES string of the molecule is COC(=O)C12CCC(c3ccc(NC(=O)N4Cc5ccc(F)cc5C4)c(F)c3)(CC1)CC2. The molecule has 0 spiro atoms. The Hall–Kier alpha value is -2.96. The number of fused-ring (bicyclic) bond motifs is 4. The highest BCUT2D eigenvalue weighted by Crippen LogP contribution is 2.58. The van der Waals surface area contributed by atoms with Crippen molar-refractivity contribution in [1.29, 1.82) is 0 Å². The van der Waals surface area contributed by atoms with Gasteiger partial charge in [-0.25, -0.2) is 13.6 Å². The van der Waals surface area contributed by atoms with Gasteiger partial charge in [0.05, 0.1) is 18.2 Å². The van der Waals surface area contributed by atoms with Gasteiger partial charge < -0.3 is 15.0 Å². The van der Waals surface area contributed by atoms with Gasteiger partial charge in [-0.2, -0.15) is 0 Å². The van der Waals surface area contributed by atoms with Crippen LogP contribution in [0.5, 0.6) is 0 Å². The van der Waals surface area contributed by atoms with Crippen molar-refractivity contribution >= 4 is 17.7 Å². The predicted molar refractivity (Wildman–Crippen MR) is 115 cm³/mol. The average molecular weight is 440 g/mol. The first-order chi connectivity index (χ1) is 15.3. The molecule has 32 heavy (non-hydrogen) atoms. The van der Waals surface area contributed by atoms with E-state index in [0.717, 1.165) is 55.2 Å². The second kappa shape index (κ2) is 7.57. The van der Waals surface area contributed by atoms with Crippen molar-refractivity contribution in [3.8, 4) is 0 Å². The summed E-state index contributed by atoms with van der Waals surface area (Å²) in [5.41, 5.74) is 2.23. The van der Waals surface area contributed by atoms with E-state index in [0.29, 0.717) is 13.1 Å². The fourth-order valence-corrected chi connectivity index (χ4v) is 5.79. The number of hydrogen-bond donors (Lipinski definition) is 1. The zero-order valence-corrected chi connectivity index (χ0v) is 18.0. The van der Waals surface area contributed by atoms with Gasteiger partial charge in [0.25, 0.3) is 0 Å². The molecular formula is C25H26F2N2O3. The molecule has 6 rings (SSSR count). The zero-order valence-electron chi connectivity index (χ0n) is 18.0. The predicted octanol–water partition coefficient (Wildman–Crippen LogP) is 5.28. The van der Waals surface area contributed by atoms with Crippen molar-refractivity contribution in [3.63, 3.8) is 0 Å². The molecule has 1 N–H and O–H groups in total. The lowest BCUT2D eigenvalue weighted by atomic mass is 9.52. The van der Waals surface area contributed by atoms with E-state index in [1.165, 1.54) is 30.2 Å². The molecule has 2 bridgehead atoms. The minimum absolute atomic E-state index is 0.123. The highest BCUT2D eigenvalue weighted by atomic mass is 19.1. The molecule has 168 valence electrons. The van der Waals surface area contributed by atoms with Gasteiger partial charge in [0, 0.05) is 13.1 Å². The van der Waals surface area contributed by atoms with E-state index in [2.05, 4.69) is 5.32 Å². The van der Waals surface area contributed by atoms with Gasteiger partial charge in [-0.15, -0.1) is 0 Å². The van der Waals surface area contributed by atoms with E-state index in [9.17, 15) is 18.4 Å². The van der Waals surface area contributed by atoms with Crippen LogP contribution in [-0.2, 0) is 28.0 Å². The zero-order chi connectivity index (χ0) is 22.5. The highest BCUT2D eigenvalue weighted by molar-refractivity contribution is 5.90. The maximum Gasteiger partial charge on any atom is 0.322 e. The van der Waals surface area contributed by atoms with Crippen LogP contribution in [-0.4, -0.2) is 24.0 Å². The third-order valence-electron chi connectivity index (χ3n) is 7.87. The Kier molecular flexibility index (Phi) is 4.95. The molecule has 0 radical (unpaired) electrons. The molecule has 3 aliphatic carbocycles. The number of urea groups is 1. The number of ether oxygens (including phenoxy) is 1. The molecule has 2 amide bonds. The van der Waals surface area contributed by atoms with Gasteiger partial charge in [0.15, 0.2) is 0 Å². The van der Waals surface area contributed by atoms with Crippen LogP contribution in [0.4, 0.5) is 19.3 Å². The minimum Gasteiger partial charge on any atom is -0.469 e. The van der Waals surface area contributed by atoms with Gasteiger partial charge in [-0.1, -0.05) is 12.1 Å². The Labute approximate surface area is 185 Å². The smallest absolute Gasteiger partial charge is 0.322 e. The first-order valence-electron chi connectivity index (χ1n) is 11.1. The second-order valence-electron chi connectivity index (χ2n) is 9.45. The summed E-state index contributed by atoms with van der Waals surface area (Å²) in [6.07, 6.45) is 4.77. The van der Waals surface area contributed by atoms with Crippen molar-refractivity contribution in [3.05, 3.63) is 64.7 Å². The third kappa shape index (κ3) is 3.34. The van der Waals surface area contributed by atoms with Crippen LogP contribution < -0.4 is 5.32 Å². The number of anilines is 1. The van der Waals surface area contributed by atoms with E-state index in [4.69, 9.17) is 4.74 Å². The fraction of sp³-hybridized carbons (Fsp3) is 0.440. The number of carbonyl (C=O) groups is 2. The van der Waals surface area contributed by atoms with Crippen LogP contribution >= 0.6 is 0 Å². The molecule has 1 heterocycles. The first kappa shape index (κ1) is 20.9. The van der Waals surface area contributed by atoms with E-state index in [1.807, 2.05) is 6.07 Å². The highest BCUT2D eigenvalue weighted by Gasteiger charge is 2.53. The molecule has 0 aromatic heterocycles. The topological polar surface area (TPSA) is 58.6 Å². The van der Waals surface area contributed by atoms with Gasteiger partial charge in [-0.3, -0.25) is 4.79 Å². The standard InChI is InChI=1S/C25H26F2N2O3/c1-32-22(30)25-9-6-24(7-10-25,8-11-25)18-3-5-21(20(27)13-18)28-23(31)29-14-16-2-4-19(26)12-17(16)15-29/h2-5,12-13H,6-11,14-15H2,1H3,(H,28,31). The molecule has 2 aromatic rings. The Morgan fingerprint density at radius 2 is 1.62 bits per heavy atom. The summed E-state index contributed by atoms with van der Waals surface area (Å²) < 4.78 is 33.4. The van der Waals surface area contributed by atoms with Gasteiger partial charge in [0.2, 0.25) is 0 Å². The Bertz CT molecular complexity index is 1080. The lowest BCUT2D eigenvalue weighted by Crippen LogP contribution is -2.48. The summed E-state index contributed by atoms with van der Waals surface area (Å²) in [5.74, 6) is -0.925. The average Bonchev–Trinajstić information content (AvgIpc) is 3.24. The van der Waals surface area contributed by atoms with Crippen LogP contribution in [0.1, 0.15) is 55.2 Å². The van der Waals surface area contributed by atoms with E-state index in [-0.39, 0.29) is 28.3 Å². The van der Waals surface area contributed by atoms with Crippen molar-refractivity contribution in [1.82, 2.24) is 4.90 Å². The maximum absolute atomic E-state index is 15.0. The monoisotopic (exact) mass is 440 g/mol. The summed E-state index contributed by atoms with van der Waals surface area (Å²) in [5, 5.41) is 2.66. The van der Waals surface area contributed by atoms with Gasteiger partial charge >= 0.3 is 12.0 Å². The number of esters is 1. The molecule has 3 saturated carbocycles. The number of hydrogen-bond acceptors (Lipinski definition) is 3. The molecule has 5 nitrogen and oxygen atoms in total. The van der Waals surface area contributed by atoms with Gasteiger partial charge in [0.1, 0.15) is 11.6 Å². The van der Waals surface area contributed by atoms with Crippen molar-refractivity contribution in [2.24, 2.45) is 5.41 Å². The molecule has 0 unspecified atom stereocenters. The number of carbonyl (C=O) groups excluding carboxylic acids is 2. The van der Waals surface area contributed by atoms with Crippen molar-refractivity contribution in [2.75, 3.05) is 12.4 Å². The van der Waals surface area contributed by atoms with E-state index < -0.39 is 11.8 Å². The van der Waals surface area contributed by atoms with Crippen LogP contribution in [0.3, 0.4) is 0 Å². The van der Waals surface area contributed by atoms with Gasteiger partial charge in [-0.05, 0) is 84.9 Å². The van der Waals surface area contributed by atoms with E-state index in [1.54, 1.807) is 12.1 Å². The summed E-state index contributed by atoms with van der Waals surface area (Å²) in [6, 6.07) is 9.12. The van der Waals surface area contributed by atoms with Crippen LogP contribution in [0.15, 0.2) is 36.4 Å². The van der Waals surface area contributed by atoms with Crippen molar-refractivity contribution in [2.45, 2.75) is 57.0 Å². The molecular weight excluding hydrogens is 414 g/mol. The van der Waals surface area contributed by atoms with Crippen LogP contribution in [0.25, 0.3) is 0 Å². The normalized spacial score (nSPS) is 26.0. The lowest BCUT2D eigenvalue weighted by molar-refractivity contribution is -0.160. The molecule has 4 aliphatic rings. The lowest BCUT2D eigenvalue weighted by Gasteiger charge is -2.52. The molecule has 2 aromatic carbocycles.